The number of nitrogens with zero attached hydrogens (tertiary/aromatic N) is 1. The maximum Gasteiger partial charge on any atom is 0.261 e. The minimum atomic E-state index is -0.257. The lowest BCUT2D eigenvalue weighted by Gasteiger charge is -2.13. The summed E-state index contributed by atoms with van der Waals surface area (Å²) in [5, 5.41) is 0. The predicted octanol–water partition coefficient (Wildman–Crippen LogP) is 3.26. The third-order valence-corrected chi connectivity index (χ3v) is 4.25. The second kappa shape index (κ2) is 7.21. The van der Waals surface area contributed by atoms with E-state index in [0.29, 0.717) is 36.9 Å². The topological polar surface area (TPSA) is 54.5 Å². The SMILES string of the molecule is O=C(CCCN1C(=O)c2ccccc2C1=O)CCc1ccccc1. The number of carbonyl (C=O) groups is 3. The molecule has 1 aliphatic rings. The van der Waals surface area contributed by atoms with E-state index >= 15 is 0 Å². The molecule has 4 heteroatoms. The van der Waals surface area contributed by atoms with Gasteiger partial charge in [-0.2, -0.15) is 0 Å². The first-order valence-corrected chi connectivity index (χ1v) is 8.17. The van der Waals surface area contributed by atoms with E-state index in [4.69, 9.17) is 0 Å². The van der Waals surface area contributed by atoms with Crippen LogP contribution in [0, 0.1) is 0 Å². The molecule has 122 valence electrons. The van der Waals surface area contributed by atoms with E-state index in [9.17, 15) is 14.4 Å². The van der Waals surface area contributed by atoms with Crippen LogP contribution in [-0.4, -0.2) is 29.0 Å². The molecule has 1 heterocycles. The first kappa shape index (κ1) is 16.1. The highest BCUT2D eigenvalue weighted by atomic mass is 16.2. The zero-order valence-electron chi connectivity index (χ0n) is 13.4. The molecular formula is C20H19NO3. The molecule has 0 aromatic heterocycles. The Morgan fingerprint density at radius 1 is 0.792 bits per heavy atom. The molecule has 0 spiro atoms. The van der Waals surface area contributed by atoms with E-state index in [-0.39, 0.29) is 17.6 Å². The van der Waals surface area contributed by atoms with Crippen molar-refractivity contribution in [1.29, 1.82) is 0 Å². The highest BCUT2D eigenvalue weighted by Gasteiger charge is 2.34. The highest BCUT2D eigenvalue weighted by molar-refractivity contribution is 6.21. The molecule has 0 atom stereocenters. The van der Waals surface area contributed by atoms with Crippen molar-refractivity contribution in [2.75, 3.05) is 6.54 Å². The molecule has 2 amide bonds. The number of imide groups is 1. The van der Waals surface area contributed by atoms with Gasteiger partial charge in [0.25, 0.3) is 11.8 Å². The number of fused-ring (bicyclic) bond motifs is 1. The van der Waals surface area contributed by atoms with Crippen molar-refractivity contribution < 1.29 is 14.4 Å². The summed E-state index contributed by atoms with van der Waals surface area (Å²) in [5.41, 5.74) is 2.06. The van der Waals surface area contributed by atoms with Crippen molar-refractivity contribution in [1.82, 2.24) is 4.90 Å². The van der Waals surface area contributed by atoms with Crippen LogP contribution in [0.1, 0.15) is 45.5 Å². The fraction of sp³-hybridized carbons (Fsp3) is 0.250. The molecule has 0 fully saturated rings. The Balaban J connectivity index is 1.46. The number of hydrogen-bond acceptors (Lipinski definition) is 3. The fourth-order valence-electron chi connectivity index (χ4n) is 2.93. The van der Waals surface area contributed by atoms with Crippen LogP contribution >= 0.6 is 0 Å². The van der Waals surface area contributed by atoms with Gasteiger partial charge in [0.2, 0.25) is 0 Å². The summed E-state index contributed by atoms with van der Waals surface area (Å²) in [7, 11) is 0. The minimum absolute atomic E-state index is 0.162. The number of ketones is 1. The van der Waals surface area contributed by atoms with Crippen LogP contribution in [0.15, 0.2) is 54.6 Å². The summed E-state index contributed by atoms with van der Waals surface area (Å²) in [6.07, 6.45) is 2.12. The van der Waals surface area contributed by atoms with Crippen molar-refractivity contribution in [3.05, 3.63) is 71.3 Å². The summed E-state index contributed by atoms with van der Waals surface area (Å²) in [6, 6.07) is 16.7. The van der Waals surface area contributed by atoms with Crippen molar-refractivity contribution >= 4 is 17.6 Å². The molecule has 0 unspecified atom stereocenters. The van der Waals surface area contributed by atoms with Crippen molar-refractivity contribution in [2.45, 2.75) is 25.7 Å². The van der Waals surface area contributed by atoms with Gasteiger partial charge in [0.1, 0.15) is 5.78 Å². The Morgan fingerprint density at radius 2 is 1.38 bits per heavy atom. The monoisotopic (exact) mass is 321 g/mol. The number of rotatable bonds is 7. The molecule has 2 aromatic carbocycles. The molecule has 0 bridgehead atoms. The van der Waals surface area contributed by atoms with Gasteiger partial charge in [0.05, 0.1) is 11.1 Å². The van der Waals surface area contributed by atoms with E-state index in [1.807, 2.05) is 30.3 Å². The normalized spacial score (nSPS) is 13.2. The standard InChI is InChI=1S/C20H19NO3/c22-16(13-12-15-7-2-1-3-8-15)9-6-14-21-19(23)17-10-4-5-11-18(17)20(21)24/h1-5,7-8,10-11H,6,9,12-14H2. The van der Waals surface area contributed by atoms with Gasteiger partial charge in [0.15, 0.2) is 0 Å². The van der Waals surface area contributed by atoms with Gasteiger partial charge in [0, 0.05) is 19.4 Å². The van der Waals surface area contributed by atoms with Crippen molar-refractivity contribution in [3.8, 4) is 0 Å². The van der Waals surface area contributed by atoms with E-state index < -0.39 is 0 Å². The van der Waals surface area contributed by atoms with Crippen LogP contribution in [0.25, 0.3) is 0 Å². The largest absolute Gasteiger partial charge is 0.300 e. The number of amides is 2. The molecule has 24 heavy (non-hydrogen) atoms. The number of aryl methyl sites for hydroxylation is 1. The summed E-state index contributed by atoms with van der Waals surface area (Å²) >= 11 is 0. The second-order valence-electron chi connectivity index (χ2n) is 5.94. The first-order valence-electron chi connectivity index (χ1n) is 8.17. The van der Waals surface area contributed by atoms with E-state index in [2.05, 4.69) is 0 Å². The van der Waals surface area contributed by atoms with Crippen molar-refractivity contribution in [3.63, 3.8) is 0 Å². The summed E-state index contributed by atoms with van der Waals surface area (Å²) in [5.74, 6) is -0.352. The van der Waals surface area contributed by atoms with Gasteiger partial charge in [-0.25, -0.2) is 0 Å². The molecular weight excluding hydrogens is 302 g/mol. The minimum Gasteiger partial charge on any atom is -0.300 e. The molecule has 0 saturated heterocycles. The summed E-state index contributed by atoms with van der Waals surface area (Å²) < 4.78 is 0. The Bertz CT molecular complexity index is 732. The smallest absolute Gasteiger partial charge is 0.261 e. The van der Waals surface area contributed by atoms with Gasteiger partial charge in [-0.05, 0) is 30.5 Å². The third-order valence-electron chi connectivity index (χ3n) is 4.25. The van der Waals surface area contributed by atoms with E-state index in [1.54, 1.807) is 24.3 Å². The van der Waals surface area contributed by atoms with Gasteiger partial charge in [-0.1, -0.05) is 42.5 Å². The summed E-state index contributed by atoms with van der Waals surface area (Å²) in [4.78, 5) is 37.7. The lowest BCUT2D eigenvalue weighted by molar-refractivity contribution is -0.119. The van der Waals surface area contributed by atoms with Gasteiger partial charge >= 0.3 is 0 Å². The van der Waals surface area contributed by atoms with Crippen molar-refractivity contribution in [2.24, 2.45) is 0 Å². The van der Waals surface area contributed by atoms with Crippen LogP contribution in [0.5, 0.6) is 0 Å². The van der Waals surface area contributed by atoms with Crippen LogP contribution in [0.4, 0.5) is 0 Å². The quantitative estimate of drug-likeness (QED) is 0.736. The van der Waals surface area contributed by atoms with Crippen LogP contribution in [0.3, 0.4) is 0 Å². The number of hydrogen-bond donors (Lipinski definition) is 0. The Morgan fingerprint density at radius 3 is 2.00 bits per heavy atom. The number of benzene rings is 2. The highest BCUT2D eigenvalue weighted by Crippen LogP contribution is 2.22. The zero-order valence-corrected chi connectivity index (χ0v) is 13.4. The molecule has 2 aromatic rings. The molecule has 0 N–H and O–H groups in total. The average molecular weight is 321 g/mol. The summed E-state index contributed by atoms with van der Waals surface area (Å²) in [6.45, 7) is 0.295. The maximum absolute atomic E-state index is 12.2. The lowest BCUT2D eigenvalue weighted by atomic mass is 10.1. The van der Waals surface area contributed by atoms with Gasteiger partial charge in [-0.15, -0.1) is 0 Å². The molecule has 4 nitrogen and oxygen atoms in total. The Hall–Kier alpha value is -2.75. The van der Waals surface area contributed by atoms with Gasteiger partial charge in [-0.3, -0.25) is 19.3 Å². The zero-order chi connectivity index (χ0) is 16.9. The molecule has 3 rings (SSSR count). The number of carbonyl (C=O) groups excluding carboxylic acids is 3. The van der Waals surface area contributed by atoms with E-state index in [1.165, 1.54) is 4.90 Å². The third kappa shape index (κ3) is 3.43. The molecule has 1 aliphatic heterocycles. The maximum atomic E-state index is 12.2. The lowest BCUT2D eigenvalue weighted by Crippen LogP contribution is -2.31. The Labute approximate surface area is 141 Å². The van der Waals surface area contributed by atoms with Crippen LogP contribution < -0.4 is 0 Å². The Kier molecular flexibility index (Phi) is 4.85. The molecule has 0 aliphatic carbocycles. The number of Topliss-reactive ketones (excluding diaryl/α,β-unsaturated/α-hetero) is 1. The van der Waals surface area contributed by atoms with E-state index in [0.717, 1.165) is 12.0 Å². The average Bonchev–Trinajstić information content (AvgIpc) is 2.86. The van der Waals surface area contributed by atoms with Gasteiger partial charge < -0.3 is 0 Å². The first-order chi connectivity index (χ1) is 11.7. The molecule has 0 saturated carbocycles. The van der Waals surface area contributed by atoms with Crippen LogP contribution in [-0.2, 0) is 11.2 Å². The second-order valence-corrected chi connectivity index (χ2v) is 5.94. The fourth-order valence-corrected chi connectivity index (χ4v) is 2.93. The molecule has 0 radical (unpaired) electrons. The predicted molar refractivity (Wildman–Crippen MR) is 90.8 cm³/mol. The van der Waals surface area contributed by atoms with Crippen LogP contribution in [0.2, 0.25) is 0 Å².